The van der Waals surface area contributed by atoms with E-state index >= 15 is 0 Å². The minimum absolute atomic E-state index is 0.0115. The highest BCUT2D eigenvalue weighted by Crippen LogP contribution is 2.50. The number of carboxylic acids is 1. The van der Waals surface area contributed by atoms with E-state index in [9.17, 15) is 14.5 Å². The maximum Gasteiger partial charge on any atom is 0.358 e. The topological polar surface area (TPSA) is 141 Å². The fourth-order valence-corrected chi connectivity index (χ4v) is 2.09. The van der Waals surface area contributed by atoms with Crippen molar-refractivity contribution in [3.8, 4) is 0 Å². The van der Waals surface area contributed by atoms with E-state index in [1.807, 2.05) is 0 Å². The number of hydrogen-bond acceptors (Lipinski definition) is 4. The maximum atomic E-state index is 11.0. The Kier molecular flexibility index (Phi) is 4.61. The zero-order valence-corrected chi connectivity index (χ0v) is 10.2. The summed E-state index contributed by atoms with van der Waals surface area (Å²) in [5.74, 6) is -3.20. The van der Waals surface area contributed by atoms with Gasteiger partial charge in [-0.3, -0.25) is 9.36 Å². The van der Waals surface area contributed by atoms with Gasteiger partial charge in [0.25, 0.3) is 0 Å². The lowest BCUT2D eigenvalue weighted by Gasteiger charge is -2.17. The molecule has 0 fully saturated rings. The lowest BCUT2D eigenvalue weighted by molar-refractivity contribution is -0.138. The number of hydrogen-bond donors (Lipinski definition) is 5. The summed E-state index contributed by atoms with van der Waals surface area (Å²) in [5, 5.41) is 18.2. The van der Waals surface area contributed by atoms with Crippen molar-refractivity contribution in [1.29, 1.82) is 0 Å². The van der Waals surface area contributed by atoms with E-state index in [-0.39, 0.29) is 12.0 Å². The second-order valence-electron chi connectivity index (χ2n) is 3.81. The molecular weight excluding hydrogens is 261 g/mol. The van der Waals surface area contributed by atoms with Gasteiger partial charge in [0, 0.05) is 0 Å². The van der Waals surface area contributed by atoms with Crippen LogP contribution in [0.1, 0.15) is 17.0 Å². The van der Waals surface area contributed by atoms with Crippen molar-refractivity contribution in [2.24, 2.45) is 5.73 Å². The first kappa shape index (κ1) is 14.8. The normalized spacial score (nSPS) is 15.1. The summed E-state index contributed by atoms with van der Waals surface area (Å²) in [4.78, 5) is 28.5. The first-order valence-corrected chi connectivity index (χ1v) is 6.71. The van der Waals surface area contributed by atoms with Crippen molar-refractivity contribution in [3.63, 3.8) is 0 Å². The third-order valence-electron chi connectivity index (χ3n) is 2.41. The molecule has 0 saturated heterocycles. The van der Waals surface area contributed by atoms with E-state index in [2.05, 4.69) is 0 Å². The van der Waals surface area contributed by atoms with E-state index < -0.39 is 25.5 Å². The molecule has 1 rings (SSSR count). The van der Waals surface area contributed by atoms with Crippen LogP contribution in [0.4, 0.5) is 0 Å². The molecule has 18 heavy (non-hydrogen) atoms. The van der Waals surface area contributed by atoms with Crippen LogP contribution in [-0.4, -0.2) is 32.0 Å². The summed E-state index contributed by atoms with van der Waals surface area (Å²) in [6.45, 7) is 0. The number of aliphatic carboxylic acids is 1. The van der Waals surface area contributed by atoms with E-state index in [4.69, 9.17) is 20.6 Å². The number of carbonyl (C=O) groups is 1. The lowest BCUT2D eigenvalue weighted by Crippen LogP contribution is -2.32. The quantitative estimate of drug-likeness (QED) is 0.469. The van der Waals surface area contributed by atoms with Gasteiger partial charge in [0.2, 0.25) is 0 Å². The van der Waals surface area contributed by atoms with E-state index in [0.717, 1.165) is 0 Å². The summed E-state index contributed by atoms with van der Waals surface area (Å²) in [5.41, 5.74) is 5.63. The molecule has 2 unspecified atom stereocenters. The van der Waals surface area contributed by atoms with E-state index in [1.165, 1.54) is 18.2 Å². The molecule has 0 saturated carbocycles. The predicted octanol–water partition coefficient (Wildman–Crippen LogP) is -0.190. The fraction of sp³-hybridized carbons (Fsp3) is 0.300. The van der Waals surface area contributed by atoms with Crippen LogP contribution in [0.3, 0.4) is 0 Å². The SMILES string of the molecule is NC(Cc1ccccc1C(O)P(=O)(O)O)C(=O)O. The van der Waals surface area contributed by atoms with Gasteiger partial charge in [-0.25, -0.2) is 0 Å². The van der Waals surface area contributed by atoms with Crippen molar-refractivity contribution >= 4 is 13.6 Å². The molecule has 8 heteroatoms. The monoisotopic (exact) mass is 275 g/mol. The predicted molar refractivity (Wildman–Crippen MR) is 62.8 cm³/mol. The Labute approximate surface area is 103 Å². The molecule has 1 aromatic carbocycles. The van der Waals surface area contributed by atoms with Crippen molar-refractivity contribution in [2.75, 3.05) is 0 Å². The van der Waals surface area contributed by atoms with Gasteiger partial charge in [-0.2, -0.15) is 0 Å². The van der Waals surface area contributed by atoms with Crippen LogP contribution in [0.25, 0.3) is 0 Å². The van der Waals surface area contributed by atoms with Gasteiger partial charge >= 0.3 is 13.6 Å². The van der Waals surface area contributed by atoms with Gasteiger partial charge in [-0.15, -0.1) is 0 Å². The standard InChI is InChI=1S/C10H14NO6P/c11-8(9(12)13)5-6-3-1-2-4-7(6)10(14)18(15,16)17/h1-4,8,10,14H,5,11H2,(H,12,13)(H2,15,16,17). The lowest BCUT2D eigenvalue weighted by atomic mass is 10.0. The van der Waals surface area contributed by atoms with Crippen molar-refractivity contribution in [2.45, 2.75) is 18.3 Å². The minimum Gasteiger partial charge on any atom is -0.480 e. The molecule has 7 nitrogen and oxygen atoms in total. The zero-order chi connectivity index (χ0) is 13.9. The highest BCUT2D eigenvalue weighted by molar-refractivity contribution is 7.51. The molecular formula is C10H14NO6P. The van der Waals surface area contributed by atoms with Gasteiger partial charge in [0.15, 0.2) is 5.85 Å². The van der Waals surface area contributed by atoms with Crippen LogP contribution in [0.5, 0.6) is 0 Å². The van der Waals surface area contributed by atoms with Crippen molar-refractivity contribution in [1.82, 2.24) is 0 Å². The Morgan fingerprint density at radius 1 is 1.33 bits per heavy atom. The highest BCUT2D eigenvalue weighted by atomic mass is 31.2. The van der Waals surface area contributed by atoms with Crippen LogP contribution in [0, 0.1) is 0 Å². The van der Waals surface area contributed by atoms with Crippen LogP contribution < -0.4 is 5.73 Å². The zero-order valence-electron chi connectivity index (χ0n) is 9.30. The Morgan fingerprint density at radius 2 is 1.89 bits per heavy atom. The largest absolute Gasteiger partial charge is 0.480 e. The molecule has 100 valence electrons. The van der Waals surface area contributed by atoms with E-state index in [0.29, 0.717) is 5.56 Å². The van der Waals surface area contributed by atoms with Gasteiger partial charge in [0.1, 0.15) is 6.04 Å². The molecule has 0 amide bonds. The average molecular weight is 275 g/mol. The van der Waals surface area contributed by atoms with Gasteiger partial charge in [-0.1, -0.05) is 24.3 Å². The summed E-state index contributed by atoms with van der Waals surface area (Å²) >= 11 is 0. The third kappa shape index (κ3) is 3.63. The van der Waals surface area contributed by atoms with E-state index in [1.54, 1.807) is 6.07 Å². The summed E-state index contributed by atoms with van der Waals surface area (Å²) in [6.07, 6.45) is -0.122. The second kappa shape index (κ2) is 5.60. The average Bonchev–Trinajstić information content (AvgIpc) is 2.27. The molecule has 2 atom stereocenters. The number of benzene rings is 1. The second-order valence-corrected chi connectivity index (χ2v) is 5.48. The van der Waals surface area contributed by atoms with Gasteiger partial charge in [0.05, 0.1) is 0 Å². The van der Waals surface area contributed by atoms with Gasteiger partial charge in [-0.05, 0) is 17.5 Å². The molecule has 0 spiro atoms. The Balaban J connectivity index is 3.07. The fourth-order valence-electron chi connectivity index (χ4n) is 1.48. The highest BCUT2D eigenvalue weighted by Gasteiger charge is 2.30. The molecule has 0 aliphatic heterocycles. The molecule has 0 aliphatic carbocycles. The molecule has 6 N–H and O–H groups in total. The summed E-state index contributed by atoms with van der Waals surface area (Å²) in [7, 11) is -4.71. The number of carboxylic acid groups (broad SMARTS) is 1. The maximum absolute atomic E-state index is 11.0. The van der Waals surface area contributed by atoms with Crippen LogP contribution in [0.2, 0.25) is 0 Å². The Morgan fingerprint density at radius 3 is 2.39 bits per heavy atom. The Hall–Kier alpha value is -1.24. The molecule has 0 bridgehead atoms. The first-order valence-electron chi connectivity index (χ1n) is 5.03. The minimum atomic E-state index is -4.71. The number of rotatable bonds is 5. The molecule has 0 radical (unpaired) electrons. The smallest absolute Gasteiger partial charge is 0.358 e. The number of nitrogens with two attached hydrogens (primary N) is 1. The first-order chi connectivity index (χ1) is 8.23. The number of aliphatic hydroxyl groups is 1. The summed E-state index contributed by atoms with van der Waals surface area (Å²) in [6, 6.07) is 4.66. The molecule has 0 aromatic heterocycles. The molecule has 0 heterocycles. The third-order valence-corrected chi connectivity index (χ3v) is 3.32. The van der Waals surface area contributed by atoms with Crippen LogP contribution in [0.15, 0.2) is 24.3 Å². The molecule has 0 aliphatic rings. The molecule has 1 aromatic rings. The number of aliphatic hydroxyl groups excluding tert-OH is 1. The van der Waals surface area contributed by atoms with Crippen molar-refractivity contribution < 1.29 is 29.4 Å². The van der Waals surface area contributed by atoms with Crippen LogP contribution in [-0.2, 0) is 15.8 Å². The van der Waals surface area contributed by atoms with Crippen LogP contribution >= 0.6 is 7.60 Å². The van der Waals surface area contributed by atoms with Crippen molar-refractivity contribution in [3.05, 3.63) is 35.4 Å². The van der Waals surface area contributed by atoms with Gasteiger partial charge < -0.3 is 25.7 Å². The summed E-state index contributed by atoms with van der Waals surface area (Å²) < 4.78 is 11.0. The Bertz CT molecular complexity index is 485.